The highest BCUT2D eigenvalue weighted by Crippen LogP contribution is 2.25. The summed E-state index contributed by atoms with van der Waals surface area (Å²) in [5.74, 6) is 0.232. The molecule has 1 N–H and O–H groups in total. The molecule has 2 aromatic rings. The van der Waals surface area contributed by atoms with E-state index in [-0.39, 0.29) is 6.10 Å². The molecule has 0 saturated carbocycles. The Morgan fingerprint density at radius 3 is 2.40 bits per heavy atom. The molecule has 1 aromatic heterocycles. The lowest BCUT2D eigenvalue weighted by Gasteiger charge is -2.37. The Morgan fingerprint density at radius 2 is 1.86 bits per heavy atom. The first-order valence-electron chi connectivity index (χ1n) is 11.9. The van der Waals surface area contributed by atoms with Crippen LogP contribution >= 0.6 is 0 Å². The van der Waals surface area contributed by atoms with Gasteiger partial charge in [0.25, 0.3) is 0 Å². The second-order valence-corrected chi connectivity index (χ2v) is 10.9. The van der Waals surface area contributed by atoms with Gasteiger partial charge in [-0.05, 0) is 73.8 Å². The maximum atomic E-state index is 14.4. The van der Waals surface area contributed by atoms with Crippen LogP contribution in [0.3, 0.4) is 0 Å². The monoisotopic (exact) mass is 492 g/mol. The standard InChI is InChI=1S/C25H40BFN3O5/c1-11-33-18(14-29(10)22(31)34-23(3,4)5)15-30-16(2)28-20-13-17(27)12-19(21(20)30)26-35-25(8,9)24(6,7)32/h12-13,18,32H,11,14-15H2,1-10H3. The van der Waals surface area contributed by atoms with Gasteiger partial charge in [-0.1, -0.05) is 0 Å². The Morgan fingerprint density at radius 1 is 1.23 bits per heavy atom. The number of likely N-dealkylation sites (N-methyl/N-ethyl adjacent to an activating group) is 1. The number of halogens is 1. The zero-order valence-electron chi connectivity index (χ0n) is 22.7. The normalized spacial score (nSPS) is 13.7. The number of carbonyl (C=O) groups is 1. The fourth-order valence-corrected chi connectivity index (χ4v) is 3.37. The van der Waals surface area contributed by atoms with Gasteiger partial charge in [0.2, 0.25) is 0 Å². The summed E-state index contributed by atoms with van der Waals surface area (Å²) in [5, 5.41) is 10.4. The molecule has 0 spiro atoms. The SMILES string of the molecule is CCOC(CN(C)C(=O)OC(C)(C)C)Cn1c(C)nc2cc(F)cc([B]OC(C)(C)C(C)(C)O)c21. The van der Waals surface area contributed by atoms with Gasteiger partial charge in [-0.25, -0.2) is 14.2 Å². The summed E-state index contributed by atoms with van der Waals surface area (Å²) in [6.07, 6.45) is -0.798. The van der Waals surface area contributed by atoms with Gasteiger partial charge in [-0.2, -0.15) is 0 Å². The molecule has 1 unspecified atom stereocenters. The van der Waals surface area contributed by atoms with Crippen LogP contribution in [0.4, 0.5) is 9.18 Å². The van der Waals surface area contributed by atoms with Gasteiger partial charge in [-0.3, -0.25) is 0 Å². The highest BCUT2D eigenvalue weighted by molar-refractivity contribution is 6.51. The van der Waals surface area contributed by atoms with E-state index in [4.69, 9.17) is 14.1 Å². The summed E-state index contributed by atoms with van der Waals surface area (Å²) < 4.78 is 33.7. The Bertz CT molecular complexity index is 1030. The molecule has 0 fully saturated rings. The van der Waals surface area contributed by atoms with Gasteiger partial charge >= 0.3 is 13.6 Å². The van der Waals surface area contributed by atoms with E-state index in [0.717, 1.165) is 0 Å². The van der Waals surface area contributed by atoms with Crippen molar-refractivity contribution in [2.75, 3.05) is 20.2 Å². The Kier molecular flexibility index (Phi) is 9.01. The van der Waals surface area contributed by atoms with Crippen LogP contribution in [0, 0.1) is 12.7 Å². The van der Waals surface area contributed by atoms with Crippen molar-refractivity contribution >= 4 is 30.1 Å². The Labute approximate surface area is 209 Å². The molecular formula is C25H40BFN3O5. The highest BCUT2D eigenvalue weighted by atomic mass is 19.1. The van der Waals surface area contributed by atoms with Crippen molar-refractivity contribution in [3.05, 3.63) is 23.8 Å². The Balaban J connectivity index is 2.37. The number of nitrogens with zero attached hydrogens (tertiary/aromatic N) is 3. The molecule has 35 heavy (non-hydrogen) atoms. The Hall–Kier alpha value is -2.17. The largest absolute Gasteiger partial charge is 0.444 e. The predicted octanol–water partition coefficient (Wildman–Crippen LogP) is 3.57. The zero-order valence-corrected chi connectivity index (χ0v) is 22.7. The maximum Gasteiger partial charge on any atom is 0.410 e. The molecule has 8 nitrogen and oxygen atoms in total. The first-order valence-corrected chi connectivity index (χ1v) is 11.9. The predicted molar refractivity (Wildman–Crippen MR) is 136 cm³/mol. The van der Waals surface area contributed by atoms with Gasteiger partial charge in [0.05, 0.1) is 41.4 Å². The third kappa shape index (κ3) is 7.66. The minimum absolute atomic E-state index is 0.296. The fourth-order valence-electron chi connectivity index (χ4n) is 3.37. The van der Waals surface area contributed by atoms with Crippen molar-refractivity contribution in [1.29, 1.82) is 0 Å². The molecule has 0 aliphatic heterocycles. The number of benzene rings is 1. The van der Waals surface area contributed by atoms with Crippen LogP contribution < -0.4 is 5.46 Å². The molecular weight excluding hydrogens is 452 g/mol. The average Bonchev–Trinajstić information content (AvgIpc) is 2.98. The van der Waals surface area contributed by atoms with E-state index < -0.39 is 28.7 Å². The second kappa shape index (κ2) is 10.8. The fraction of sp³-hybridized carbons (Fsp3) is 0.680. The summed E-state index contributed by atoms with van der Waals surface area (Å²) in [6, 6.07) is 2.75. The molecule has 10 heteroatoms. The quantitative estimate of drug-likeness (QED) is 0.511. The van der Waals surface area contributed by atoms with Crippen LogP contribution in [-0.2, 0) is 20.7 Å². The van der Waals surface area contributed by atoms with Crippen LogP contribution in [0.5, 0.6) is 0 Å². The molecule has 1 atom stereocenters. The van der Waals surface area contributed by atoms with Gasteiger partial charge < -0.3 is 28.7 Å². The minimum atomic E-state index is -1.13. The molecule has 195 valence electrons. The number of hydrogen-bond acceptors (Lipinski definition) is 6. The number of rotatable bonds is 10. The first kappa shape index (κ1) is 29.1. The molecule has 1 radical (unpaired) electrons. The molecule has 0 bridgehead atoms. The molecule has 2 rings (SSSR count). The number of hydrogen-bond donors (Lipinski definition) is 1. The van der Waals surface area contributed by atoms with Crippen LogP contribution in [0.2, 0.25) is 0 Å². The number of aliphatic hydroxyl groups is 1. The van der Waals surface area contributed by atoms with E-state index in [0.29, 0.717) is 42.0 Å². The summed E-state index contributed by atoms with van der Waals surface area (Å²) >= 11 is 0. The van der Waals surface area contributed by atoms with E-state index in [1.807, 2.05) is 39.2 Å². The molecule has 1 aromatic carbocycles. The lowest BCUT2D eigenvalue weighted by atomic mass is 9.82. The third-order valence-electron chi connectivity index (χ3n) is 5.95. The van der Waals surface area contributed by atoms with Crippen LogP contribution in [0.25, 0.3) is 11.0 Å². The number of aryl methyl sites for hydroxylation is 1. The van der Waals surface area contributed by atoms with Crippen molar-refractivity contribution in [2.24, 2.45) is 0 Å². The number of carbonyl (C=O) groups excluding carboxylic acids is 1. The van der Waals surface area contributed by atoms with Gasteiger partial charge in [0.15, 0.2) is 0 Å². The van der Waals surface area contributed by atoms with Crippen LogP contribution in [0.15, 0.2) is 12.1 Å². The van der Waals surface area contributed by atoms with Crippen molar-refractivity contribution in [3.8, 4) is 0 Å². The highest BCUT2D eigenvalue weighted by Gasteiger charge is 2.36. The van der Waals surface area contributed by atoms with E-state index in [9.17, 15) is 14.3 Å². The second-order valence-electron chi connectivity index (χ2n) is 10.9. The number of fused-ring (bicyclic) bond motifs is 1. The van der Waals surface area contributed by atoms with Gasteiger partial charge in [0, 0.05) is 19.7 Å². The number of amides is 1. The minimum Gasteiger partial charge on any atom is -0.444 e. The summed E-state index contributed by atoms with van der Waals surface area (Å²) in [4.78, 5) is 18.5. The topological polar surface area (TPSA) is 86.0 Å². The van der Waals surface area contributed by atoms with Gasteiger partial charge in [-0.15, -0.1) is 0 Å². The van der Waals surface area contributed by atoms with Crippen molar-refractivity contribution < 1.29 is 28.4 Å². The summed E-state index contributed by atoms with van der Waals surface area (Å²) in [5.41, 5.74) is -0.994. The lowest BCUT2D eigenvalue weighted by molar-refractivity contribution is -0.0893. The maximum absolute atomic E-state index is 14.4. The smallest absolute Gasteiger partial charge is 0.410 e. The van der Waals surface area contributed by atoms with Crippen molar-refractivity contribution in [3.63, 3.8) is 0 Å². The molecule has 0 aliphatic rings. The zero-order chi connectivity index (χ0) is 26.8. The lowest BCUT2D eigenvalue weighted by Crippen LogP contribution is -2.49. The summed E-state index contributed by atoms with van der Waals surface area (Å²) in [6.45, 7) is 17.2. The van der Waals surface area contributed by atoms with Crippen LogP contribution in [0.1, 0.15) is 61.2 Å². The molecule has 0 aliphatic carbocycles. The molecule has 1 heterocycles. The number of imidazole rings is 1. The average molecular weight is 492 g/mol. The van der Waals surface area contributed by atoms with E-state index >= 15 is 0 Å². The van der Waals surface area contributed by atoms with E-state index in [2.05, 4.69) is 4.98 Å². The van der Waals surface area contributed by atoms with E-state index in [1.165, 1.54) is 24.5 Å². The molecule has 1 amide bonds. The van der Waals surface area contributed by atoms with Gasteiger partial charge in [0.1, 0.15) is 17.2 Å². The summed E-state index contributed by atoms with van der Waals surface area (Å²) in [7, 11) is 3.13. The van der Waals surface area contributed by atoms with Crippen LogP contribution in [-0.4, -0.2) is 76.2 Å². The first-order chi connectivity index (χ1) is 15.9. The number of aromatic nitrogens is 2. The van der Waals surface area contributed by atoms with Crippen molar-refractivity contribution in [1.82, 2.24) is 14.5 Å². The van der Waals surface area contributed by atoms with E-state index in [1.54, 1.807) is 34.7 Å². The number of ether oxygens (including phenoxy) is 2. The molecule has 0 saturated heterocycles. The third-order valence-corrected chi connectivity index (χ3v) is 5.95. The van der Waals surface area contributed by atoms with Crippen molar-refractivity contribution in [2.45, 2.75) is 91.8 Å².